The zero-order chi connectivity index (χ0) is 23.2. The lowest BCUT2D eigenvalue weighted by molar-refractivity contribution is -0.132. The smallest absolute Gasteiger partial charge is 0.239 e. The first-order valence-electron chi connectivity index (χ1n) is 11.6. The van der Waals surface area contributed by atoms with Gasteiger partial charge in [-0.05, 0) is 40.6 Å². The van der Waals surface area contributed by atoms with E-state index in [1.807, 2.05) is 91.0 Å². The van der Waals surface area contributed by atoms with Crippen LogP contribution in [-0.2, 0) is 19.8 Å². The molecule has 4 nitrogen and oxygen atoms in total. The summed E-state index contributed by atoms with van der Waals surface area (Å²) < 4.78 is 0. The Morgan fingerprint density at radius 1 is 0.735 bits per heavy atom. The number of amides is 2. The number of nitrogens with zero attached hydrogens (tertiary/aromatic N) is 1. The molecule has 3 aliphatic carbocycles. The Bertz CT molecular complexity index is 1520. The van der Waals surface area contributed by atoms with E-state index in [2.05, 4.69) is 0 Å². The summed E-state index contributed by atoms with van der Waals surface area (Å²) in [5.74, 6) is -2.22. The van der Waals surface area contributed by atoms with Gasteiger partial charge in [0.2, 0.25) is 11.8 Å². The van der Waals surface area contributed by atoms with Crippen molar-refractivity contribution in [3.05, 3.63) is 113 Å². The van der Waals surface area contributed by atoms with Gasteiger partial charge < -0.3 is 0 Å². The van der Waals surface area contributed by atoms with Crippen LogP contribution >= 0.6 is 0 Å². The van der Waals surface area contributed by atoms with Gasteiger partial charge in [0.25, 0.3) is 0 Å². The first-order chi connectivity index (χ1) is 16.6. The van der Waals surface area contributed by atoms with Crippen molar-refractivity contribution >= 4 is 34.1 Å². The van der Waals surface area contributed by atoms with E-state index < -0.39 is 17.3 Å². The van der Waals surface area contributed by atoms with Gasteiger partial charge in [-0.25, -0.2) is 4.90 Å². The fraction of sp³-hybridized carbons (Fsp3) is 0.167. The van der Waals surface area contributed by atoms with E-state index in [1.165, 1.54) is 4.90 Å². The molecule has 0 radical (unpaired) electrons. The highest BCUT2D eigenvalue weighted by molar-refractivity contribution is 6.27. The van der Waals surface area contributed by atoms with Crippen molar-refractivity contribution in [2.75, 3.05) is 4.90 Å². The molecule has 0 saturated carbocycles. The number of Topliss-reactive ketones (excluding diaryl/α,β-unsaturated/α-hetero) is 1. The highest BCUT2D eigenvalue weighted by Gasteiger charge is 2.70. The summed E-state index contributed by atoms with van der Waals surface area (Å²) in [6.45, 7) is 1.56. The largest absolute Gasteiger partial charge is 0.299 e. The average Bonchev–Trinajstić information content (AvgIpc) is 3.14. The Kier molecular flexibility index (Phi) is 3.72. The van der Waals surface area contributed by atoms with Gasteiger partial charge in [-0.3, -0.25) is 14.4 Å². The van der Waals surface area contributed by atoms with Crippen LogP contribution in [0, 0.1) is 11.8 Å². The summed E-state index contributed by atoms with van der Waals surface area (Å²) in [6, 6.07) is 29.2. The third-order valence-corrected chi connectivity index (χ3v) is 8.18. The molecule has 0 aromatic heterocycles. The van der Waals surface area contributed by atoms with E-state index in [-0.39, 0.29) is 23.5 Å². The highest BCUT2D eigenvalue weighted by atomic mass is 16.2. The molecule has 1 saturated heterocycles. The van der Waals surface area contributed by atoms with Crippen molar-refractivity contribution in [3.8, 4) is 0 Å². The lowest BCUT2D eigenvalue weighted by Gasteiger charge is -2.52. The predicted molar refractivity (Wildman–Crippen MR) is 130 cm³/mol. The van der Waals surface area contributed by atoms with E-state index in [4.69, 9.17) is 0 Å². The number of fused-ring (bicyclic) bond motifs is 1. The minimum absolute atomic E-state index is 0.0959. The van der Waals surface area contributed by atoms with Crippen LogP contribution in [0.2, 0.25) is 0 Å². The van der Waals surface area contributed by atoms with Crippen LogP contribution in [0.15, 0.2) is 91.0 Å². The van der Waals surface area contributed by atoms with Crippen molar-refractivity contribution in [3.63, 3.8) is 0 Å². The third-order valence-electron chi connectivity index (χ3n) is 8.18. The lowest BCUT2D eigenvalue weighted by Crippen LogP contribution is -2.57. The lowest BCUT2D eigenvalue weighted by atomic mass is 9.46. The van der Waals surface area contributed by atoms with Crippen LogP contribution < -0.4 is 4.90 Å². The van der Waals surface area contributed by atoms with Crippen LogP contribution in [0.5, 0.6) is 0 Å². The molecule has 2 atom stereocenters. The fourth-order valence-corrected chi connectivity index (χ4v) is 7.01. The zero-order valence-electron chi connectivity index (χ0n) is 18.6. The van der Waals surface area contributed by atoms with Crippen molar-refractivity contribution in [2.24, 2.45) is 11.8 Å². The molecule has 4 aliphatic rings. The summed E-state index contributed by atoms with van der Waals surface area (Å²) in [5, 5.41) is 1.82. The normalized spacial score (nSPS) is 26.4. The topological polar surface area (TPSA) is 54.5 Å². The molecule has 34 heavy (non-hydrogen) atoms. The van der Waals surface area contributed by atoms with Gasteiger partial charge in [0.1, 0.15) is 5.78 Å². The molecule has 8 rings (SSSR count). The molecule has 0 N–H and O–H groups in total. The fourth-order valence-electron chi connectivity index (χ4n) is 7.01. The molecule has 1 aliphatic heterocycles. The minimum Gasteiger partial charge on any atom is -0.299 e. The molecule has 164 valence electrons. The second-order valence-electron chi connectivity index (χ2n) is 9.53. The molecule has 1 heterocycles. The number of hydrogen-bond acceptors (Lipinski definition) is 3. The third kappa shape index (κ3) is 2.07. The second-order valence-corrected chi connectivity index (χ2v) is 9.53. The Hall–Kier alpha value is -4.05. The van der Waals surface area contributed by atoms with Gasteiger partial charge in [0.05, 0.1) is 22.9 Å². The van der Waals surface area contributed by atoms with Crippen molar-refractivity contribution in [2.45, 2.75) is 18.3 Å². The van der Waals surface area contributed by atoms with Gasteiger partial charge in [-0.1, -0.05) is 84.9 Å². The highest BCUT2D eigenvalue weighted by Crippen LogP contribution is 2.64. The number of benzene rings is 4. The molecule has 4 heteroatoms. The number of imide groups is 1. The standard InChI is InChI=1S/C30H21NO3/c1-17(32)30-22-14-6-4-12-20(22)25(21-13-5-7-15-23(21)30)26-27(30)29(34)31(28(26)33)24-16-8-10-18-9-2-3-11-19(18)24/h2-16,25-27H,1H3/t25?,26-,27-,30?/m0/s1. The number of carbonyl (C=O) groups excluding carboxylic acids is 3. The van der Waals surface area contributed by atoms with E-state index in [0.717, 1.165) is 33.0 Å². The maximum Gasteiger partial charge on any atom is 0.239 e. The van der Waals surface area contributed by atoms with E-state index in [9.17, 15) is 14.4 Å². The molecule has 1 fully saturated rings. The van der Waals surface area contributed by atoms with Crippen LogP contribution in [0.4, 0.5) is 5.69 Å². The summed E-state index contributed by atoms with van der Waals surface area (Å²) in [4.78, 5) is 43.5. The van der Waals surface area contributed by atoms with Crippen molar-refractivity contribution in [1.29, 1.82) is 0 Å². The zero-order valence-corrected chi connectivity index (χ0v) is 18.6. The van der Waals surface area contributed by atoms with Gasteiger partial charge in [-0.15, -0.1) is 0 Å². The summed E-state index contributed by atoms with van der Waals surface area (Å²) in [5.41, 5.74) is 3.13. The second kappa shape index (κ2) is 6.51. The summed E-state index contributed by atoms with van der Waals surface area (Å²) >= 11 is 0. The van der Waals surface area contributed by atoms with Gasteiger partial charge in [0, 0.05) is 11.3 Å². The van der Waals surface area contributed by atoms with E-state index in [0.29, 0.717) is 5.69 Å². The van der Waals surface area contributed by atoms with E-state index >= 15 is 0 Å². The number of carbonyl (C=O) groups is 3. The monoisotopic (exact) mass is 443 g/mol. The van der Waals surface area contributed by atoms with Gasteiger partial charge in [0.15, 0.2) is 0 Å². The SMILES string of the molecule is CC(=O)C12c3ccccc3C(c3ccccc31)[C@@H]1C(=O)N(c3cccc4ccccc34)C(=O)[C@H]12. The van der Waals surface area contributed by atoms with Crippen molar-refractivity contribution in [1.82, 2.24) is 0 Å². The van der Waals surface area contributed by atoms with Crippen molar-refractivity contribution < 1.29 is 14.4 Å². The minimum atomic E-state index is -1.17. The Balaban J connectivity index is 1.54. The Morgan fingerprint density at radius 2 is 1.32 bits per heavy atom. The van der Waals surface area contributed by atoms with Crippen LogP contribution in [0.1, 0.15) is 35.1 Å². The predicted octanol–water partition coefficient (Wildman–Crippen LogP) is 4.98. The Morgan fingerprint density at radius 3 is 2.00 bits per heavy atom. The van der Waals surface area contributed by atoms with Gasteiger partial charge in [-0.2, -0.15) is 0 Å². The van der Waals surface area contributed by atoms with Gasteiger partial charge >= 0.3 is 0 Å². The van der Waals surface area contributed by atoms with E-state index in [1.54, 1.807) is 6.92 Å². The molecule has 0 unspecified atom stereocenters. The number of anilines is 1. The van der Waals surface area contributed by atoms with Crippen LogP contribution in [0.25, 0.3) is 10.8 Å². The molecular weight excluding hydrogens is 422 g/mol. The molecule has 4 aromatic rings. The first-order valence-corrected chi connectivity index (χ1v) is 11.6. The quantitative estimate of drug-likeness (QED) is 0.411. The summed E-state index contributed by atoms with van der Waals surface area (Å²) in [7, 11) is 0. The summed E-state index contributed by atoms with van der Waals surface area (Å²) in [6.07, 6.45) is 0. The maximum absolute atomic E-state index is 14.3. The first kappa shape index (κ1) is 19.4. The number of ketones is 1. The molecule has 0 spiro atoms. The maximum atomic E-state index is 14.3. The molecular formula is C30H21NO3. The average molecular weight is 444 g/mol. The molecule has 4 aromatic carbocycles. The van der Waals surface area contributed by atoms with Crippen LogP contribution in [-0.4, -0.2) is 17.6 Å². The molecule has 2 bridgehead atoms. The molecule has 2 amide bonds. The number of hydrogen-bond donors (Lipinski definition) is 0. The van der Waals surface area contributed by atoms with Crippen LogP contribution in [0.3, 0.4) is 0 Å². The number of rotatable bonds is 2. The Labute approximate surface area is 196 Å².